The Balaban J connectivity index is 1.32. The molecule has 0 bridgehead atoms. The fraction of sp³-hybridized carbons (Fsp3) is 0.190. The zero-order valence-electron chi connectivity index (χ0n) is 16.0. The van der Waals surface area contributed by atoms with Crippen LogP contribution in [-0.2, 0) is 16.1 Å². The van der Waals surface area contributed by atoms with Crippen molar-refractivity contribution in [1.82, 2.24) is 15.0 Å². The minimum Gasteiger partial charge on any atom is -0.496 e. The van der Waals surface area contributed by atoms with Crippen molar-refractivity contribution >= 4 is 17.8 Å². The lowest BCUT2D eigenvalue weighted by molar-refractivity contribution is -0.145. The third-order valence-electron chi connectivity index (χ3n) is 4.59. The lowest BCUT2D eigenvalue weighted by Gasteiger charge is -2.12. The molecule has 2 aromatic carbocycles. The second kappa shape index (κ2) is 8.16. The van der Waals surface area contributed by atoms with Crippen LogP contribution in [0, 0.1) is 0 Å². The number of hydrogen-bond acceptors (Lipinski definition) is 8. The quantitative estimate of drug-likeness (QED) is 0.434. The molecule has 3 aromatic rings. The molecule has 1 aliphatic heterocycles. The maximum Gasteiger partial charge on any atom is 0.308 e. The first-order valence-corrected chi connectivity index (χ1v) is 9.15. The number of aromatic nitrogens is 2. The van der Waals surface area contributed by atoms with E-state index in [-0.39, 0.29) is 25.5 Å². The van der Waals surface area contributed by atoms with Crippen LogP contribution in [0.2, 0.25) is 0 Å². The molecular weight excluding hydrogens is 390 g/mol. The highest BCUT2D eigenvalue weighted by molar-refractivity contribution is 6.21. The molecule has 0 N–H and O–H groups in total. The smallest absolute Gasteiger partial charge is 0.308 e. The third-order valence-corrected chi connectivity index (χ3v) is 4.59. The fourth-order valence-electron chi connectivity index (χ4n) is 3.11. The summed E-state index contributed by atoms with van der Waals surface area (Å²) in [6, 6.07) is 13.7. The monoisotopic (exact) mass is 407 g/mol. The van der Waals surface area contributed by atoms with Gasteiger partial charge in [-0.1, -0.05) is 29.4 Å². The average Bonchev–Trinajstić information content (AvgIpc) is 3.34. The fourth-order valence-corrected chi connectivity index (χ4v) is 3.11. The summed E-state index contributed by atoms with van der Waals surface area (Å²) in [4.78, 5) is 41.9. The molecular formula is C21H17N3O6. The summed E-state index contributed by atoms with van der Waals surface area (Å²) in [5.74, 6) is -0.413. The van der Waals surface area contributed by atoms with E-state index in [0.717, 1.165) is 4.90 Å². The van der Waals surface area contributed by atoms with E-state index in [1.807, 2.05) is 12.1 Å². The molecule has 9 heteroatoms. The predicted octanol–water partition coefficient (Wildman–Crippen LogP) is 2.47. The number of benzene rings is 2. The van der Waals surface area contributed by atoms with Crippen LogP contribution >= 0.6 is 0 Å². The molecule has 1 aliphatic rings. The minimum absolute atomic E-state index is 0.0680. The number of nitrogens with zero attached hydrogens (tertiary/aromatic N) is 3. The number of hydrogen-bond donors (Lipinski definition) is 0. The van der Waals surface area contributed by atoms with E-state index in [1.54, 1.807) is 36.4 Å². The molecule has 0 fully saturated rings. The van der Waals surface area contributed by atoms with Crippen molar-refractivity contribution in [3.63, 3.8) is 0 Å². The minimum atomic E-state index is -0.594. The Morgan fingerprint density at radius 1 is 1.00 bits per heavy atom. The maximum atomic E-state index is 12.3. The van der Waals surface area contributed by atoms with E-state index in [9.17, 15) is 14.4 Å². The number of rotatable bonds is 7. The van der Waals surface area contributed by atoms with Crippen molar-refractivity contribution in [1.29, 1.82) is 0 Å². The predicted molar refractivity (Wildman–Crippen MR) is 103 cm³/mol. The van der Waals surface area contributed by atoms with Gasteiger partial charge in [0.05, 0.1) is 30.2 Å². The van der Waals surface area contributed by atoms with Crippen LogP contribution in [0.1, 0.15) is 33.0 Å². The number of carbonyl (C=O) groups excluding carboxylic acids is 3. The average molecular weight is 407 g/mol. The summed E-state index contributed by atoms with van der Waals surface area (Å²) in [7, 11) is 1.54. The summed E-state index contributed by atoms with van der Waals surface area (Å²) < 4.78 is 15.5. The van der Waals surface area contributed by atoms with E-state index >= 15 is 0 Å². The van der Waals surface area contributed by atoms with E-state index < -0.39 is 17.8 Å². The van der Waals surface area contributed by atoms with Gasteiger partial charge in [0.15, 0.2) is 6.61 Å². The molecule has 0 spiro atoms. The number of imide groups is 1. The van der Waals surface area contributed by atoms with Gasteiger partial charge in [0, 0.05) is 6.54 Å². The van der Waals surface area contributed by atoms with Gasteiger partial charge in [0.25, 0.3) is 17.7 Å². The van der Waals surface area contributed by atoms with Crippen molar-refractivity contribution < 1.29 is 28.4 Å². The number of para-hydroxylation sites is 1. The van der Waals surface area contributed by atoms with E-state index in [4.69, 9.17) is 14.0 Å². The molecule has 2 heterocycles. The Labute approximate surface area is 171 Å². The van der Waals surface area contributed by atoms with Gasteiger partial charge >= 0.3 is 5.97 Å². The molecule has 2 amide bonds. The lowest BCUT2D eigenvalue weighted by atomic mass is 10.1. The van der Waals surface area contributed by atoms with Gasteiger partial charge in [0.2, 0.25) is 5.82 Å². The number of fused-ring (bicyclic) bond motifs is 1. The van der Waals surface area contributed by atoms with Crippen LogP contribution in [0.3, 0.4) is 0 Å². The molecule has 9 nitrogen and oxygen atoms in total. The molecule has 0 atom stereocenters. The summed E-state index contributed by atoms with van der Waals surface area (Å²) in [6.07, 6.45) is -0.140. The zero-order valence-corrected chi connectivity index (χ0v) is 16.0. The van der Waals surface area contributed by atoms with E-state index in [0.29, 0.717) is 28.3 Å². The van der Waals surface area contributed by atoms with Gasteiger partial charge in [-0.2, -0.15) is 4.98 Å². The topological polar surface area (TPSA) is 112 Å². The summed E-state index contributed by atoms with van der Waals surface area (Å²) in [6.45, 7) is -0.287. The molecule has 152 valence electrons. The van der Waals surface area contributed by atoms with E-state index in [2.05, 4.69) is 10.1 Å². The van der Waals surface area contributed by atoms with Crippen LogP contribution in [0.15, 0.2) is 53.1 Å². The van der Waals surface area contributed by atoms with Gasteiger partial charge < -0.3 is 14.0 Å². The van der Waals surface area contributed by atoms with Crippen molar-refractivity contribution in [2.45, 2.75) is 13.0 Å². The van der Waals surface area contributed by atoms with Crippen LogP contribution in [-0.4, -0.2) is 46.5 Å². The first kappa shape index (κ1) is 19.3. The molecule has 0 aliphatic carbocycles. The number of methoxy groups -OCH3 is 1. The van der Waals surface area contributed by atoms with Crippen molar-refractivity contribution in [2.24, 2.45) is 0 Å². The normalized spacial score (nSPS) is 12.8. The molecule has 30 heavy (non-hydrogen) atoms. The standard InChI is InChI=1S/C21H17N3O6/c1-28-16-9-5-4-8-15(16)19-22-17(30-23-19)12-29-18(25)10-11-24-20(26)13-6-2-3-7-14(13)21(24)27/h2-9H,10-12H2,1H3. The van der Waals surface area contributed by atoms with Crippen LogP contribution in [0.4, 0.5) is 0 Å². The molecule has 4 rings (SSSR count). The summed E-state index contributed by atoms with van der Waals surface area (Å²) in [5, 5.41) is 3.87. The second-order valence-corrected chi connectivity index (χ2v) is 6.43. The largest absolute Gasteiger partial charge is 0.496 e. The molecule has 0 saturated carbocycles. The Hall–Kier alpha value is -4.01. The Kier molecular flexibility index (Phi) is 5.25. The van der Waals surface area contributed by atoms with Crippen LogP contribution < -0.4 is 4.74 Å². The molecule has 0 unspecified atom stereocenters. The van der Waals surface area contributed by atoms with Crippen molar-refractivity contribution in [3.05, 3.63) is 65.5 Å². The van der Waals surface area contributed by atoms with Gasteiger partial charge in [-0.3, -0.25) is 19.3 Å². The number of esters is 1. The SMILES string of the molecule is COc1ccccc1-c1noc(COC(=O)CCN2C(=O)c3ccccc3C2=O)n1. The van der Waals surface area contributed by atoms with Crippen molar-refractivity contribution in [3.8, 4) is 17.1 Å². The highest BCUT2D eigenvalue weighted by Crippen LogP contribution is 2.27. The first-order valence-electron chi connectivity index (χ1n) is 9.15. The van der Waals surface area contributed by atoms with Gasteiger partial charge in [-0.15, -0.1) is 0 Å². The van der Waals surface area contributed by atoms with E-state index in [1.165, 1.54) is 7.11 Å². The zero-order chi connectivity index (χ0) is 21.1. The number of ether oxygens (including phenoxy) is 2. The maximum absolute atomic E-state index is 12.3. The Morgan fingerprint density at radius 3 is 2.30 bits per heavy atom. The van der Waals surface area contributed by atoms with Gasteiger partial charge in [-0.25, -0.2) is 0 Å². The summed E-state index contributed by atoms with van der Waals surface area (Å²) in [5.41, 5.74) is 1.32. The van der Waals surface area contributed by atoms with Crippen molar-refractivity contribution in [2.75, 3.05) is 13.7 Å². The summed E-state index contributed by atoms with van der Waals surface area (Å²) >= 11 is 0. The van der Waals surface area contributed by atoms with Gasteiger partial charge in [0.1, 0.15) is 5.75 Å². The highest BCUT2D eigenvalue weighted by Gasteiger charge is 2.35. The number of carbonyl (C=O) groups is 3. The lowest BCUT2D eigenvalue weighted by Crippen LogP contribution is -2.32. The van der Waals surface area contributed by atoms with Gasteiger partial charge in [-0.05, 0) is 24.3 Å². The van der Waals surface area contributed by atoms with Crippen LogP contribution in [0.5, 0.6) is 5.75 Å². The third kappa shape index (κ3) is 3.64. The Morgan fingerprint density at radius 2 is 1.63 bits per heavy atom. The second-order valence-electron chi connectivity index (χ2n) is 6.43. The first-order chi connectivity index (χ1) is 14.6. The molecule has 1 aromatic heterocycles. The molecule has 0 saturated heterocycles. The highest BCUT2D eigenvalue weighted by atomic mass is 16.6. The Bertz CT molecular complexity index is 1090. The number of amides is 2. The molecule has 0 radical (unpaired) electrons. The van der Waals surface area contributed by atoms with Crippen LogP contribution in [0.25, 0.3) is 11.4 Å².